The predicted octanol–water partition coefficient (Wildman–Crippen LogP) is 4.52. The molecule has 2 rings (SSSR count). The van der Waals surface area contributed by atoms with E-state index in [2.05, 4.69) is 16.9 Å². The van der Waals surface area contributed by atoms with Crippen molar-refractivity contribution in [2.24, 2.45) is 10.7 Å². The summed E-state index contributed by atoms with van der Waals surface area (Å²) in [4.78, 5) is 4.36. The largest absolute Gasteiger partial charge is 0.487 e. The molecule has 25 heavy (non-hydrogen) atoms. The van der Waals surface area contributed by atoms with Crippen LogP contribution in [0.3, 0.4) is 0 Å². The number of halogens is 2. The lowest BCUT2D eigenvalue weighted by atomic mass is 10.1. The third kappa shape index (κ3) is 7.36. The lowest BCUT2D eigenvalue weighted by Crippen LogP contribution is -2.32. The summed E-state index contributed by atoms with van der Waals surface area (Å²) in [6, 6.07) is 15.4. The van der Waals surface area contributed by atoms with Crippen LogP contribution in [-0.2, 0) is 13.2 Å². The van der Waals surface area contributed by atoms with Gasteiger partial charge in [0.1, 0.15) is 12.4 Å². The van der Waals surface area contributed by atoms with Gasteiger partial charge in [-0.05, 0) is 30.2 Å². The van der Waals surface area contributed by atoms with Crippen molar-refractivity contribution in [2.75, 3.05) is 6.54 Å². The predicted molar refractivity (Wildman–Crippen MR) is 116 cm³/mol. The van der Waals surface area contributed by atoms with Gasteiger partial charge in [-0.25, -0.2) is 4.99 Å². The summed E-state index contributed by atoms with van der Waals surface area (Å²) in [5.41, 5.74) is 8.97. The molecule has 0 amide bonds. The van der Waals surface area contributed by atoms with Crippen molar-refractivity contribution < 1.29 is 4.74 Å². The minimum absolute atomic E-state index is 0. The van der Waals surface area contributed by atoms with Crippen LogP contribution in [0.5, 0.6) is 5.75 Å². The fraction of sp³-hybridized carbons (Fsp3) is 0.211. The van der Waals surface area contributed by atoms with Gasteiger partial charge in [-0.15, -0.1) is 24.0 Å². The first-order valence-corrected chi connectivity index (χ1v) is 8.06. The molecule has 2 aromatic carbocycles. The van der Waals surface area contributed by atoms with Crippen molar-refractivity contribution in [2.45, 2.75) is 20.1 Å². The fourth-order valence-electron chi connectivity index (χ4n) is 2.04. The summed E-state index contributed by atoms with van der Waals surface area (Å²) in [6.07, 6.45) is 0. The van der Waals surface area contributed by atoms with Crippen LogP contribution < -0.4 is 15.8 Å². The molecular formula is C19H23ClIN3O. The van der Waals surface area contributed by atoms with E-state index in [1.807, 2.05) is 49.4 Å². The molecule has 0 aliphatic rings. The summed E-state index contributed by atoms with van der Waals surface area (Å²) in [7, 11) is 0. The summed E-state index contributed by atoms with van der Waals surface area (Å²) in [5, 5.41) is 3.61. The number of nitrogens with zero attached hydrogens (tertiary/aromatic N) is 1. The van der Waals surface area contributed by atoms with E-state index in [-0.39, 0.29) is 24.0 Å². The van der Waals surface area contributed by atoms with E-state index in [0.29, 0.717) is 36.4 Å². The zero-order valence-electron chi connectivity index (χ0n) is 14.2. The summed E-state index contributed by atoms with van der Waals surface area (Å²) in [6.45, 7) is 7.28. The lowest BCUT2D eigenvalue weighted by Gasteiger charge is -2.11. The van der Waals surface area contributed by atoms with Crippen LogP contribution in [0, 0.1) is 0 Å². The highest BCUT2D eigenvalue weighted by Crippen LogP contribution is 2.24. The highest BCUT2D eigenvalue weighted by atomic mass is 127. The Kier molecular flexibility index (Phi) is 9.37. The van der Waals surface area contributed by atoms with Crippen LogP contribution in [0.2, 0.25) is 5.02 Å². The molecule has 6 heteroatoms. The first kappa shape index (κ1) is 21.3. The van der Waals surface area contributed by atoms with Gasteiger partial charge in [-0.3, -0.25) is 0 Å². The molecule has 0 saturated carbocycles. The Morgan fingerprint density at radius 2 is 1.80 bits per heavy atom. The molecule has 134 valence electrons. The van der Waals surface area contributed by atoms with Gasteiger partial charge in [0, 0.05) is 6.54 Å². The molecule has 4 nitrogen and oxygen atoms in total. The first-order chi connectivity index (χ1) is 11.6. The average molecular weight is 472 g/mol. The van der Waals surface area contributed by atoms with Crippen molar-refractivity contribution in [3.8, 4) is 5.75 Å². The maximum absolute atomic E-state index is 6.11. The number of nitrogens with one attached hydrogen (secondary N) is 1. The standard InChI is InChI=1S/C19H22ClN3O.HI/c1-14(2)11-22-19(21)23-12-15-7-3-4-8-16(15)13-24-18-10-6-5-9-17(18)20;/h3-10H,1,11-13H2,2H3,(H3,21,22,23);1H. The van der Waals surface area contributed by atoms with E-state index in [1.165, 1.54) is 0 Å². The maximum Gasteiger partial charge on any atom is 0.189 e. The number of aliphatic imine (C=N–C) groups is 1. The SMILES string of the molecule is C=C(C)CNC(N)=NCc1ccccc1COc1ccccc1Cl.I. The van der Waals surface area contributed by atoms with Crippen LogP contribution in [0.1, 0.15) is 18.1 Å². The molecule has 0 atom stereocenters. The molecular weight excluding hydrogens is 449 g/mol. The smallest absolute Gasteiger partial charge is 0.189 e. The Bertz CT molecular complexity index is 734. The molecule has 0 fully saturated rings. The second-order valence-electron chi connectivity index (χ2n) is 5.50. The van der Waals surface area contributed by atoms with Gasteiger partial charge >= 0.3 is 0 Å². The maximum atomic E-state index is 6.11. The number of ether oxygens (including phenoxy) is 1. The number of rotatable bonds is 7. The Hall–Kier alpha value is -1.73. The van der Waals surface area contributed by atoms with Gasteiger partial charge in [-0.1, -0.05) is 60.2 Å². The highest BCUT2D eigenvalue weighted by molar-refractivity contribution is 14.0. The van der Waals surface area contributed by atoms with Crippen LogP contribution in [0.25, 0.3) is 0 Å². The van der Waals surface area contributed by atoms with Gasteiger partial charge < -0.3 is 15.8 Å². The van der Waals surface area contributed by atoms with E-state index in [9.17, 15) is 0 Å². The van der Waals surface area contributed by atoms with E-state index in [1.54, 1.807) is 6.07 Å². The minimum atomic E-state index is 0. The molecule has 2 aromatic rings. The normalized spacial score (nSPS) is 10.7. The van der Waals surface area contributed by atoms with Crippen LogP contribution in [0.4, 0.5) is 0 Å². The van der Waals surface area contributed by atoms with Gasteiger partial charge in [0.25, 0.3) is 0 Å². The second kappa shape index (κ2) is 11.0. The van der Waals surface area contributed by atoms with Gasteiger partial charge in [0.2, 0.25) is 0 Å². The van der Waals surface area contributed by atoms with Crippen LogP contribution in [0.15, 0.2) is 65.7 Å². The van der Waals surface area contributed by atoms with Crippen LogP contribution in [-0.4, -0.2) is 12.5 Å². The fourth-order valence-corrected chi connectivity index (χ4v) is 2.23. The van der Waals surface area contributed by atoms with Crippen molar-refractivity contribution in [1.82, 2.24) is 5.32 Å². The Balaban J connectivity index is 0.00000312. The number of para-hydroxylation sites is 1. The molecule has 0 unspecified atom stereocenters. The van der Waals surface area contributed by atoms with Crippen molar-refractivity contribution in [3.05, 3.63) is 76.8 Å². The third-order valence-electron chi connectivity index (χ3n) is 3.33. The zero-order valence-corrected chi connectivity index (χ0v) is 17.3. The second-order valence-corrected chi connectivity index (χ2v) is 5.91. The third-order valence-corrected chi connectivity index (χ3v) is 3.64. The minimum Gasteiger partial charge on any atom is -0.487 e. The van der Waals surface area contributed by atoms with Gasteiger partial charge in [-0.2, -0.15) is 0 Å². The van der Waals surface area contributed by atoms with E-state index >= 15 is 0 Å². The van der Waals surface area contributed by atoms with Crippen molar-refractivity contribution in [3.63, 3.8) is 0 Å². The molecule has 0 spiro atoms. The summed E-state index contributed by atoms with van der Waals surface area (Å²) in [5.74, 6) is 1.07. The molecule has 0 bridgehead atoms. The van der Waals surface area contributed by atoms with Gasteiger partial charge in [0.05, 0.1) is 11.6 Å². The van der Waals surface area contributed by atoms with Crippen molar-refractivity contribution in [1.29, 1.82) is 0 Å². The number of guanidine groups is 1. The summed E-state index contributed by atoms with van der Waals surface area (Å²) >= 11 is 6.11. The average Bonchev–Trinajstić information content (AvgIpc) is 2.58. The topological polar surface area (TPSA) is 59.6 Å². The quantitative estimate of drug-likeness (QED) is 0.270. The van der Waals surface area contributed by atoms with Crippen molar-refractivity contribution >= 4 is 41.5 Å². The molecule has 0 heterocycles. The molecule has 0 aliphatic carbocycles. The number of hydrogen-bond acceptors (Lipinski definition) is 2. The molecule has 0 aromatic heterocycles. The Morgan fingerprint density at radius 1 is 1.16 bits per heavy atom. The first-order valence-electron chi connectivity index (χ1n) is 7.68. The molecule has 3 N–H and O–H groups in total. The zero-order chi connectivity index (χ0) is 17.4. The van der Waals surface area contributed by atoms with Crippen LogP contribution >= 0.6 is 35.6 Å². The lowest BCUT2D eigenvalue weighted by molar-refractivity contribution is 0.305. The Labute approximate surface area is 171 Å². The highest BCUT2D eigenvalue weighted by Gasteiger charge is 2.05. The number of nitrogens with two attached hydrogens (primary N) is 1. The molecule has 0 saturated heterocycles. The molecule has 0 aliphatic heterocycles. The number of hydrogen-bond donors (Lipinski definition) is 2. The van der Waals surface area contributed by atoms with E-state index < -0.39 is 0 Å². The number of benzene rings is 2. The summed E-state index contributed by atoms with van der Waals surface area (Å²) < 4.78 is 5.81. The Morgan fingerprint density at radius 3 is 2.48 bits per heavy atom. The monoisotopic (exact) mass is 471 g/mol. The van der Waals surface area contributed by atoms with E-state index in [4.69, 9.17) is 22.1 Å². The van der Waals surface area contributed by atoms with Gasteiger partial charge in [0.15, 0.2) is 5.96 Å². The van der Waals surface area contributed by atoms with E-state index in [0.717, 1.165) is 16.7 Å². The molecule has 0 radical (unpaired) electrons.